The summed E-state index contributed by atoms with van der Waals surface area (Å²) in [5, 5.41) is 6.27. The fraction of sp³-hybridized carbons (Fsp3) is 0.278. The molecule has 2 rings (SSSR count). The van der Waals surface area contributed by atoms with Crippen LogP contribution in [0.15, 0.2) is 42.5 Å². The van der Waals surface area contributed by atoms with Crippen LogP contribution in [0.25, 0.3) is 0 Å². The van der Waals surface area contributed by atoms with Crippen LogP contribution in [0.5, 0.6) is 0 Å². The van der Waals surface area contributed by atoms with Crippen molar-refractivity contribution < 1.29 is 4.79 Å². The van der Waals surface area contributed by atoms with Crippen LogP contribution in [0.1, 0.15) is 34.8 Å². The molecule has 2 aromatic rings. The number of rotatable bonds is 5. The van der Waals surface area contributed by atoms with Crippen molar-refractivity contribution in [3.63, 3.8) is 0 Å². The summed E-state index contributed by atoms with van der Waals surface area (Å²) in [6.45, 7) is 7.12. The van der Waals surface area contributed by atoms with Crippen molar-refractivity contribution in [2.75, 3.05) is 17.2 Å². The van der Waals surface area contributed by atoms with Gasteiger partial charge in [0.1, 0.15) is 0 Å². The van der Waals surface area contributed by atoms with Crippen molar-refractivity contribution in [3.05, 3.63) is 59.2 Å². The Bertz CT molecular complexity index is 618. The first-order chi connectivity index (χ1) is 10.1. The number of carbonyl (C=O) groups is 1. The Balaban J connectivity index is 2.08. The predicted molar refractivity (Wildman–Crippen MR) is 89.1 cm³/mol. The van der Waals surface area contributed by atoms with Crippen LogP contribution >= 0.6 is 0 Å². The number of aryl methyl sites for hydroxylation is 1. The summed E-state index contributed by atoms with van der Waals surface area (Å²) in [5.74, 6) is -0.0780. The highest BCUT2D eigenvalue weighted by molar-refractivity contribution is 6.04. The largest absolute Gasteiger partial charge is 0.385 e. The molecule has 0 bridgehead atoms. The van der Waals surface area contributed by atoms with Gasteiger partial charge >= 0.3 is 0 Å². The number of nitrogens with one attached hydrogen (secondary N) is 2. The Morgan fingerprint density at radius 3 is 2.43 bits per heavy atom. The fourth-order valence-electron chi connectivity index (χ4n) is 2.09. The first-order valence-corrected chi connectivity index (χ1v) is 7.33. The highest BCUT2D eigenvalue weighted by Crippen LogP contribution is 2.19. The number of carbonyl (C=O) groups excluding carboxylic acids is 1. The van der Waals surface area contributed by atoms with Gasteiger partial charge in [-0.15, -0.1) is 0 Å². The van der Waals surface area contributed by atoms with E-state index in [9.17, 15) is 4.79 Å². The lowest BCUT2D eigenvalue weighted by Crippen LogP contribution is -2.13. The summed E-state index contributed by atoms with van der Waals surface area (Å²) >= 11 is 0. The standard InChI is InChI=1S/C18H22N2O/c1-4-12-19-16-10-8-15(9-11-16)18(21)20-17-7-5-6-13(2)14(17)3/h5-11,19H,4,12H2,1-3H3,(H,20,21). The average Bonchev–Trinajstić information content (AvgIpc) is 2.50. The van der Waals surface area contributed by atoms with Gasteiger partial charge in [-0.2, -0.15) is 0 Å². The van der Waals surface area contributed by atoms with E-state index in [-0.39, 0.29) is 5.91 Å². The molecule has 0 fully saturated rings. The van der Waals surface area contributed by atoms with E-state index in [0.29, 0.717) is 5.56 Å². The van der Waals surface area contributed by atoms with Gasteiger partial charge in [0.2, 0.25) is 0 Å². The molecule has 0 aliphatic rings. The third-order valence-corrected chi connectivity index (χ3v) is 3.58. The van der Waals surface area contributed by atoms with Crippen molar-refractivity contribution in [1.29, 1.82) is 0 Å². The molecule has 21 heavy (non-hydrogen) atoms. The second kappa shape index (κ2) is 6.93. The van der Waals surface area contributed by atoms with E-state index in [1.807, 2.05) is 56.3 Å². The zero-order valence-electron chi connectivity index (χ0n) is 12.9. The van der Waals surface area contributed by atoms with Gasteiger partial charge < -0.3 is 10.6 Å². The van der Waals surface area contributed by atoms with E-state index in [1.165, 1.54) is 5.56 Å². The van der Waals surface area contributed by atoms with E-state index in [0.717, 1.165) is 29.9 Å². The van der Waals surface area contributed by atoms with Crippen molar-refractivity contribution in [1.82, 2.24) is 0 Å². The molecule has 0 aromatic heterocycles. The molecule has 2 N–H and O–H groups in total. The summed E-state index contributed by atoms with van der Waals surface area (Å²) in [4.78, 5) is 12.3. The third kappa shape index (κ3) is 3.85. The Hall–Kier alpha value is -2.29. The van der Waals surface area contributed by atoms with E-state index >= 15 is 0 Å². The molecule has 0 atom stereocenters. The van der Waals surface area contributed by atoms with E-state index in [1.54, 1.807) is 0 Å². The number of amides is 1. The van der Waals surface area contributed by atoms with E-state index in [2.05, 4.69) is 17.6 Å². The summed E-state index contributed by atoms with van der Waals surface area (Å²) in [6, 6.07) is 13.5. The van der Waals surface area contributed by atoms with Crippen LogP contribution in [0.4, 0.5) is 11.4 Å². The Kier molecular flexibility index (Phi) is 4.99. The number of anilines is 2. The second-order valence-electron chi connectivity index (χ2n) is 5.21. The molecule has 110 valence electrons. The summed E-state index contributed by atoms with van der Waals surface area (Å²) in [5.41, 5.74) is 4.85. The predicted octanol–water partition coefficient (Wildman–Crippen LogP) is 4.38. The quantitative estimate of drug-likeness (QED) is 0.854. The molecular weight excluding hydrogens is 260 g/mol. The summed E-state index contributed by atoms with van der Waals surface area (Å²) < 4.78 is 0. The number of hydrogen-bond acceptors (Lipinski definition) is 2. The van der Waals surface area contributed by atoms with Gasteiger partial charge in [0.25, 0.3) is 5.91 Å². The molecule has 0 aliphatic carbocycles. The minimum atomic E-state index is -0.0780. The molecular formula is C18H22N2O. The number of hydrogen-bond donors (Lipinski definition) is 2. The van der Waals surface area contributed by atoms with Crippen molar-refractivity contribution in [2.45, 2.75) is 27.2 Å². The lowest BCUT2D eigenvalue weighted by molar-refractivity contribution is 0.102. The van der Waals surface area contributed by atoms with Gasteiger partial charge in [-0.05, 0) is 61.7 Å². The highest BCUT2D eigenvalue weighted by atomic mass is 16.1. The van der Waals surface area contributed by atoms with Gasteiger partial charge in [-0.3, -0.25) is 4.79 Å². The van der Waals surface area contributed by atoms with Gasteiger partial charge in [-0.1, -0.05) is 19.1 Å². The van der Waals surface area contributed by atoms with Crippen molar-refractivity contribution >= 4 is 17.3 Å². The molecule has 3 nitrogen and oxygen atoms in total. The van der Waals surface area contributed by atoms with Crippen LogP contribution in [0.3, 0.4) is 0 Å². The average molecular weight is 282 g/mol. The van der Waals surface area contributed by atoms with Crippen LogP contribution < -0.4 is 10.6 Å². The molecule has 0 saturated heterocycles. The maximum absolute atomic E-state index is 12.3. The van der Waals surface area contributed by atoms with E-state index < -0.39 is 0 Å². The maximum Gasteiger partial charge on any atom is 0.255 e. The van der Waals surface area contributed by atoms with Crippen LogP contribution in [-0.4, -0.2) is 12.5 Å². The topological polar surface area (TPSA) is 41.1 Å². The lowest BCUT2D eigenvalue weighted by atomic mass is 10.1. The fourth-order valence-corrected chi connectivity index (χ4v) is 2.09. The van der Waals surface area contributed by atoms with Crippen LogP contribution in [-0.2, 0) is 0 Å². The Morgan fingerprint density at radius 1 is 1.05 bits per heavy atom. The van der Waals surface area contributed by atoms with Gasteiger partial charge in [0.05, 0.1) is 0 Å². The SMILES string of the molecule is CCCNc1ccc(C(=O)Nc2cccc(C)c2C)cc1. The Morgan fingerprint density at radius 2 is 1.76 bits per heavy atom. The Labute approximate surface area is 126 Å². The van der Waals surface area contributed by atoms with Gasteiger partial charge in [0, 0.05) is 23.5 Å². The van der Waals surface area contributed by atoms with Gasteiger partial charge in [0.15, 0.2) is 0 Å². The van der Waals surface area contributed by atoms with Crippen molar-refractivity contribution in [2.24, 2.45) is 0 Å². The first-order valence-electron chi connectivity index (χ1n) is 7.33. The monoisotopic (exact) mass is 282 g/mol. The third-order valence-electron chi connectivity index (χ3n) is 3.58. The molecule has 0 aliphatic heterocycles. The zero-order chi connectivity index (χ0) is 15.2. The number of benzene rings is 2. The summed E-state index contributed by atoms with van der Waals surface area (Å²) in [6.07, 6.45) is 1.08. The molecule has 0 radical (unpaired) electrons. The normalized spacial score (nSPS) is 10.2. The molecule has 2 aromatic carbocycles. The highest BCUT2D eigenvalue weighted by Gasteiger charge is 2.08. The van der Waals surface area contributed by atoms with Crippen LogP contribution in [0, 0.1) is 13.8 Å². The molecule has 0 spiro atoms. The summed E-state index contributed by atoms with van der Waals surface area (Å²) in [7, 11) is 0. The molecule has 0 saturated carbocycles. The van der Waals surface area contributed by atoms with Crippen molar-refractivity contribution in [3.8, 4) is 0 Å². The minimum Gasteiger partial charge on any atom is -0.385 e. The minimum absolute atomic E-state index is 0.0780. The van der Waals surface area contributed by atoms with Crippen LogP contribution in [0.2, 0.25) is 0 Å². The van der Waals surface area contributed by atoms with Gasteiger partial charge in [-0.25, -0.2) is 0 Å². The molecule has 3 heteroatoms. The molecule has 0 unspecified atom stereocenters. The molecule has 0 heterocycles. The molecule has 1 amide bonds. The van der Waals surface area contributed by atoms with E-state index in [4.69, 9.17) is 0 Å². The first kappa shape index (κ1) is 15.1. The zero-order valence-corrected chi connectivity index (χ0v) is 12.9. The lowest BCUT2D eigenvalue weighted by Gasteiger charge is -2.11. The maximum atomic E-state index is 12.3. The second-order valence-corrected chi connectivity index (χ2v) is 5.21. The smallest absolute Gasteiger partial charge is 0.255 e.